The molecule has 1 atom stereocenters. The number of nitrogens with one attached hydrogen (secondary N) is 2. The van der Waals surface area contributed by atoms with Gasteiger partial charge in [-0.15, -0.1) is 24.0 Å². The van der Waals surface area contributed by atoms with Crippen LogP contribution in [0.5, 0.6) is 0 Å². The number of aryl methyl sites for hydroxylation is 3. The Morgan fingerprint density at radius 1 is 1.41 bits per heavy atom. The molecule has 1 aliphatic carbocycles. The monoisotopic (exact) mass is 486 g/mol. The van der Waals surface area contributed by atoms with Crippen LogP contribution in [0, 0.1) is 13.8 Å². The van der Waals surface area contributed by atoms with Crippen LogP contribution in [0.3, 0.4) is 0 Å². The standard InChI is InChI=1S/C19H30N6O.HI/c1-6-20-19(21-10-17-13(4)24-26-14(17)5)22-16-8-7-15-11-25(12(2)3)23-18(15)9-16;/h11-12,16H,6-10H2,1-5H3,(H2,20,21,22);1H. The molecule has 2 aromatic heterocycles. The Balaban J connectivity index is 0.00000261. The molecule has 27 heavy (non-hydrogen) atoms. The summed E-state index contributed by atoms with van der Waals surface area (Å²) in [6.07, 6.45) is 5.28. The van der Waals surface area contributed by atoms with Crippen molar-refractivity contribution >= 4 is 29.9 Å². The molecule has 2 N–H and O–H groups in total. The molecule has 0 radical (unpaired) electrons. The summed E-state index contributed by atoms with van der Waals surface area (Å²) in [5, 5.41) is 15.7. The first kappa shape index (κ1) is 21.7. The topological polar surface area (TPSA) is 80.3 Å². The Kier molecular flexibility index (Phi) is 7.69. The number of guanidine groups is 1. The lowest BCUT2D eigenvalue weighted by Crippen LogP contribution is -2.45. The average Bonchev–Trinajstić information content (AvgIpc) is 3.16. The number of aromatic nitrogens is 3. The third kappa shape index (κ3) is 5.24. The van der Waals surface area contributed by atoms with Gasteiger partial charge in [-0.3, -0.25) is 4.68 Å². The number of nitrogens with zero attached hydrogens (tertiary/aromatic N) is 4. The van der Waals surface area contributed by atoms with Crippen molar-refractivity contribution in [2.75, 3.05) is 6.54 Å². The van der Waals surface area contributed by atoms with Crippen molar-refractivity contribution in [2.24, 2.45) is 4.99 Å². The van der Waals surface area contributed by atoms with Crippen LogP contribution in [0.25, 0.3) is 0 Å². The summed E-state index contributed by atoms with van der Waals surface area (Å²) in [6.45, 7) is 11.7. The maximum atomic E-state index is 5.23. The molecule has 0 fully saturated rings. The SMILES string of the molecule is CCNC(=NCc1c(C)noc1C)NC1CCc2cn(C(C)C)nc2C1.I. The van der Waals surface area contributed by atoms with E-state index in [1.54, 1.807) is 0 Å². The Bertz CT molecular complexity index is 760. The summed E-state index contributed by atoms with van der Waals surface area (Å²) in [5.74, 6) is 1.67. The first-order valence-corrected chi connectivity index (χ1v) is 9.51. The molecule has 2 heterocycles. The van der Waals surface area contributed by atoms with E-state index in [2.05, 4.69) is 47.4 Å². The summed E-state index contributed by atoms with van der Waals surface area (Å²) in [7, 11) is 0. The Morgan fingerprint density at radius 3 is 2.81 bits per heavy atom. The molecule has 0 aromatic carbocycles. The minimum Gasteiger partial charge on any atom is -0.361 e. The van der Waals surface area contributed by atoms with Gasteiger partial charge in [0.15, 0.2) is 5.96 Å². The predicted octanol–water partition coefficient (Wildman–Crippen LogP) is 3.30. The van der Waals surface area contributed by atoms with Crippen molar-refractivity contribution in [1.82, 2.24) is 25.6 Å². The smallest absolute Gasteiger partial charge is 0.191 e. The van der Waals surface area contributed by atoms with Crippen LogP contribution in [-0.2, 0) is 19.4 Å². The Morgan fingerprint density at radius 2 is 2.19 bits per heavy atom. The van der Waals surface area contributed by atoms with Crippen molar-refractivity contribution in [3.8, 4) is 0 Å². The largest absolute Gasteiger partial charge is 0.361 e. The molecule has 150 valence electrons. The van der Waals surface area contributed by atoms with Gasteiger partial charge in [-0.05, 0) is 53.0 Å². The number of halogens is 1. The fourth-order valence-corrected chi connectivity index (χ4v) is 3.30. The summed E-state index contributed by atoms with van der Waals surface area (Å²) < 4.78 is 7.30. The molecule has 0 amide bonds. The highest BCUT2D eigenvalue weighted by atomic mass is 127. The van der Waals surface area contributed by atoms with Crippen LogP contribution < -0.4 is 10.6 Å². The first-order valence-electron chi connectivity index (χ1n) is 9.51. The van der Waals surface area contributed by atoms with E-state index in [4.69, 9.17) is 14.6 Å². The van der Waals surface area contributed by atoms with Crippen LogP contribution in [0.2, 0.25) is 0 Å². The van der Waals surface area contributed by atoms with E-state index in [9.17, 15) is 0 Å². The van der Waals surface area contributed by atoms with Gasteiger partial charge in [0.1, 0.15) is 5.76 Å². The van der Waals surface area contributed by atoms with Gasteiger partial charge >= 0.3 is 0 Å². The van der Waals surface area contributed by atoms with Gasteiger partial charge in [0.05, 0.1) is 17.9 Å². The third-order valence-corrected chi connectivity index (χ3v) is 4.89. The maximum Gasteiger partial charge on any atom is 0.191 e. The predicted molar refractivity (Wildman–Crippen MR) is 118 cm³/mol. The van der Waals surface area contributed by atoms with Crippen molar-refractivity contribution in [3.05, 3.63) is 34.5 Å². The van der Waals surface area contributed by atoms with E-state index in [1.807, 2.05) is 13.8 Å². The molecule has 1 unspecified atom stereocenters. The zero-order valence-electron chi connectivity index (χ0n) is 16.9. The number of hydrogen-bond acceptors (Lipinski definition) is 4. The van der Waals surface area contributed by atoms with Gasteiger partial charge in [0.25, 0.3) is 0 Å². The molecule has 2 aromatic rings. The second kappa shape index (κ2) is 9.57. The molecule has 0 saturated carbocycles. The van der Waals surface area contributed by atoms with E-state index in [0.717, 1.165) is 48.8 Å². The second-order valence-corrected chi connectivity index (χ2v) is 7.26. The molecule has 0 spiro atoms. The highest BCUT2D eigenvalue weighted by Crippen LogP contribution is 2.22. The highest BCUT2D eigenvalue weighted by Gasteiger charge is 2.23. The number of fused-ring (bicyclic) bond motifs is 1. The molecule has 0 aliphatic heterocycles. The highest BCUT2D eigenvalue weighted by molar-refractivity contribution is 14.0. The van der Waals surface area contributed by atoms with Crippen LogP contribution in [0.15, 0.2) is 15.7 Å². The Labute approximate surface area is 178 Å². The lowest BCUT2D eigenvalue weighted by Gasteiger charge is -2.24. The van der Waals surface area contributed by atoms with Gasteiger partial charge in [-0.2, -0.15) is 5.10 Å². The van der Waals surface area contributed by atoms with E-state index in [1.165, 1.54) is 11.3 Å². The lowest BCUT2D eigenvalue weighted by molar-refractivity contribution is 0.392. The van der Waals surface area contributed by atoms with Gasteiger partial charge in [-0.25, -0.2) is 4.99 Å². The average molecular weight is 486 g/mol. The van der Waals surface area contributed by atoms with Crippen molar-refractivity contribution in [3.63, 3.8) is 0 Å². The molecule has 1 aliphatic rings. The lowest BCUT2D eigenvalue weighted by atomic mass is 9.94. The number of hydrogen-bond donors (Lipinski definition) is 2. The maximum absolute atomic E-state index is 5.23. The summed E-state index contributed by atoms with van der Waals surface area (Å²) >= 11 is 0. The minimum absolute atomic E-state index is 0. The van der Waals surface area contributed by atoms with Crippen LogP contribution in [-0.4, -0.2) is 33.5 Å². The molecule has 3 rings (SSSR count). The summed E-state index contributed by atoms with van der Waals surface area (Å²) in [6, 6.07) is 0.751. The van der Waals surface area contributed by atoms with Crippen molar-refractivity contribution < 1.29 is 4.52 Å². The molecule has 8 heteroatoms. The van der Waals surface area contributed by atoms with Gasteiger partial charge < -0.3 is 15.2 Å². The van der Waals surface area contributed by atoms with Crippen molar-refractivity contribution in [2.45, 2.75) is 72.5 Å². The zero-order valence-corrected chi connectivity index (χ0v) is 19.2. The van der Waals surface area contributed by atoms with E-state index in [0.29, 0.717) is 18.6 Å². The summed E-state index contributed by atoms with van der Waals surface area (Å²) in [5.41, 5.74) is 4.56. The molecular weight excluding hydrogens is 455 g/mol. The van der Waals surface area contributed by atoms with E-state index >= 15 is 0 Å². The van der Waals surface area contributed by atoms with Gasteiger partial charge in [-0.1, -0.05) is 5.16 Å². The third-order valence-electron chi connectivity index (χ3n) is 4.89. The van der Waals surface area contributed by atoms with Gasteiger partial charge in [0, 0.05) is 36.8 Å². The molecule has 0 saturated heterocycles. The normalized spacial score (nSPS) is 16.8. The second-order valence-electron chi connectivity index (χ2n) is 7.26. The van der Waals surface area contributed by atoms with Gasteiger partial charge in [0.2, 0.25) is 0 Å². The summed E-state index contributed by atoms with van der Waals surface area (Å²) in [4.78, 5) is 4.73. The quantitative estimate of drug-likeness (QED) is 0.385. The molecular formula is C19H31IN6O. The number of rotatable bonds is 5. The fourth-order valence-electron chi connectivity index (χ4n) is 3.30. The van der Waals surface area contributed by atoms with Crippen molar-refractivity contribution in [1.29, 1.82) is 0 Å². The van der Waals surface area contributed by atoms with E-state index < -0.39 is 0 Å². The fraction of sp³-hybridized carbons (Fsp3) is 0.632. The Hall–Kier alpha value is -1.58. The number of aliphatic imine (C=N–C) groups is 1. The zero-order chi connectivity index (χ0) is 18.7. The van der Waals surface area contributed by atoms with Crippen LogP contribution in [0.1, 0.15) is 61.5 Å². The van der Waals surface area contributed by atoms with E-state index in [-0.39, 0.29) is 24.0 Å². The van der Waals surface area contributed by atoms with Crippen LogP contribution >= 0.6 is 24.0 Å². The molecule has 0 bridgehead atoms. The first-order chi connectivity index (χ1) is 12.5. The molecule has 7 nitrogen and oxygen atoms in total. The minimum atomic E-state index is 0. The van der Waals surface area contributed by atoms with Crippen LogP contribution in [0.4, 0.5) is 0 Å².